The second-order valence-corrected chi connectivity index (χ2v) is 7.37. The zero-order valence-corrected chi connectivity index (χ0v) is 12.0. The van der Waals surface area contributed by atoms with Crippen LogP contribution in [0, 0.1) is 16.7 Å². The molecular weight excluding hydrogens is 224 g/mol. The van der Waals surface area contributed by atoms with Gasteiger partial charge >= 0.3 is 0 Å². The number of nitrogens with one attached hydrogen (secondary N) is 2. The van der Waals surface area contributed by atoms with Gasteiger partial charge in [0.05, 0.1) is 18.5 Å². The summed E-state index contributed by atoms with van der Waals surface area (Å²) in [5, 5.41) is 3.37. The Morgan fingerprint density at radius 1 is 1.17 bits per heavy atom. The second kappa shape index (κ2) is 3.96. The lowest BCUT2D eigenvalue weighted by atomic mass is 9.62. The monoisotopic (exact) mass is 251 g/mol. The van der Waals surface area contributed by atoms with Crippen molar-refractivity contribution in [2.45, 2.75) is 59.0 Å². The molecule has 1 aliphatic carbocycles. The Balaban J connectivity index is 1.88. The summed E-state index contributed by atoms with van der Waals surface area (Å²) in [5.74, 6) is 0.970. The van der Waals surface area contributed by atoms with Crippen molar-refractivity contribution in [2.24, 2.45) is 16.7 Å². The Bertz CT molecular complexity index is 360. The van der Waals surface area contributed by atoms with Crippen LogP contribution in [0.5, 0.6) is 0 Å². The van der Waals surface area contributed by atoms with Gasteiger partial charge in [0.25, 0.3) is 0 Å². The molecule has 3 aliphatic rings. The average Bonchev–Trinajstić information content (AvgIpc) is 2.51. The van der Waals surface area contributed by atoms with Crippen molar-refractivity contribution < 1.29 is 9.69 Å². The van der Waals surface area contributed by atoms with E-state index >= 15 is 0 Å². The van der Waals surface area contributed by atoms with Gasteiger partial charge in [-0.05, 0) is 37.5 Å². The first kappa shape index (κ1) is 12.5. The number of carbonyl (C=O) groups is 1. The molecule has 2 saturated heterocycles. The lowest BCUT2D eigenvalue weighted by Gasteiger charge is -2.49. The van der Waals surface area contributed by atoms with E-state index < -0.39 is 0 Å². The Kier molecular flexibility index (Phi) is 2.74. The molecule has 2 aliphatic heterocycles. The van der Waals surface area contributed by atoms with Gasteiger partial charge in [-0.2, -0.15) is 0 Å². The van der Waals surface area contributed by atoms with E-state index in [9.17, 15) is 4.79 Å². The van der Waals surface area contributed by atoms with Crippen molar-refractivity contribution in [3.05, 3.63) is 0 Å². The zero-order chi connectivity index (χ0) is 13.0. The topological polar surface area (TPSA) is 33.5 Å². The highest BCUT2D eigenvalue weighted by atomic mass is 16.2. The van der Waals surface area contributed by atoms with Crippen molar-refractivity contribution in [1.82, 2.24) is 5.32 Å². The van der Waals surface area contributed by atoms with Gasteiger partial charge in [0.2, 0.25) is 5.91 Å². The number of quaternary nitrogens is 1. The average molecular weight is 251 g/mol. The van der Waals surface area contributed by atoms with Crippen LogP contribution >= 0.6 is 0 Å². The van der Waals surface area contributed by atoms with Crippen molar-refractivity contribution in [1.29, 1.82) is 0 Å². The molecule has 0 spiro atoms. The fourth-order valence-corrected chi connectivity index (χ4v) is 4.63. The fraction of sp³-hybridized carbons (Fsp3) is 0.933. The third-order valence-electron chi connectivity index (χ3n) is 6.43. The summed E-state index contributed by atoms with van der Waals surface area (Å²) in [6.45, 7) is 9.30. The Hall–Kier alpha value is -0.570. The normalized spacial score (nSPS) is 43.8. The summed E-state index contributed by atoms with van der Waals surface area (Å²) < 4.78 is 0. The first-order chi connectivity index (χ1) is 8.47. The predicted octanol–water partition coefficient (Wildman–Crippen LogP) is 0.954. The lowest BCUT2D eigenvalue weighted by molar-refractivity contribution is -0.937. The Morgan fingerprint density at radius 2 is 1.83 bits per heavy atom. The summed E-state index contributed by atoms with van der Waals surface area (Å²) in [6, 6.07) is 0. The molecule has 1 amide bonds. The van der Waals surface area contributed by atoms with Crippen LogP contribution in [0.4, 0.5) is 0 Å². The van der Waals surface area contributed by atoms with Crippen LogP contribution in [0.25, 0.3) is 0 Å². The minimum Gasteiger partial charge on any atom is -0.315 e. The molecule has 2 bridgehead atoms. The maximum atomic E-state index is 12.5. The maximum Gasteiger partial charge on any atom is 0.230 e. The number of piperidine rings is 2. The molecule has 0 radical (unpaired) electrons. The van der Waals surface area contributed by atoms with Crippen molar-refractivity contribution in [2.75, 3.05) is 13.1 Å². The highest BCUT2D eigenvalue weighted by Crippen LogP contribution is 2.58. The van der Waals surface area contributed by atoms with Gasteiger partial charge < -0.3 is 10.2 Å². The number of hydrogen-bond donors (Lipinski definition) is 2. The molecular formula is C15H27N2O+. The molecule has 3 fully saturated rings. The number of likely N-dealkylation sites (tertiary alicyclic amines) is 1. The van der Waals surface area contributed by atoms with Gasteiger partial charge in [-0.1, -0.05) is 20.8 Å². The molecule has 2 N–H and O–H groups in total. The Labute approximate surface area is 110 Å². The van der Waals surface area contributed by atoms with E-state index in [1.165, 1.54) is 38.8 Å². The third kappa shape index (κ3) is 1.49. The van der Waals surface area contributed by atoms with Gasteiger partial charge in [-0.3, -0.25) is 4.79 Å². The fourth-order valence-electron chi connectivity index (χ4n) is 4.63. The number of rotatable bonds is 1. The lowest BCUT2D eigenvalue weighted by Crippen LogP contribution is -3.19. The van der Waals surface area contributed by atoms with E-state index in [0.717, 1.165) is 6.42 Å². The molecule has 0 aromatic carbocycles. The molecule has 3 rings (SSSR count). The molecule has 0 aromatic rings. The molecule has 0 aromatic heterocycles. The highest BCUT2D eigenvalue weighted by molar-refractivity contribution is 5.85. The van der Waals surface area contributed by atoms with Gasteiger partial charge in [0, 0.05) is 5.92 Å². The molecule has 3 atom stereocenters. The van der Waals surface area contributed by atoms with Gasteiger partial charge in [-0.25, -0.2) is 0 Å². The van der Waals surface area contributed by atoms with Crippen LogP contribution in [0.1, 0.15) is 52.9 Å². The van der Waals surface area contributed by atoms with Crippen LogP contribution in [0.3, 0.4) is 0 Å². The Morgan fingerprint density at radius 3 is 2.50 bits per heavy atom. The summed E-state index contributed by atoms with van der Waals surface area (Å²) in [6.07, 6.45) is 6.69. The van der Waals surface area contributed by atoms with Crippen LogP contribution in [0.2, 0.25) is 0 Å². The highest BCUT2D eigenvalue weighted by Gasteiger charge is 2.63. The van der Waals surface area contributed by atoms with Crippen LogP contribution in [-0.4, -0.2) is 25.2 Å². The van der Waals surface area contributed by atoms with E-state index in [1.807, 2.05) is 0 Å². The minimum absolute atomic E-state index is 0.136. The van der Waals surface area contributed by atoms with Crippen LogP contribution in [-0.2, 0) is 4.79 Å². The molecule has 0 unspecified atom stereocenters. The number of carbonyl (C=O) groups excluding carboxylic acids is 1. The number of fused-ring (bicyclic) bond motifs is 2. The van der Waals surface area contributed by atoms with E-state index in [4.69, 9.17) is 0 Å². The predicted molar refractivity (Wildman–Crippen MR) is 71.1 cm³/mol. The van der Waals surface area contributed by atoms with Crippen LogP contribution in [0.15, 0.2) is 0 Å². The summed E-state index contributed by atoms with van der Waals surface area (Å²) in [5.41, 5.74) is 0.0217. The molecule has 3 heteroatoms. The number of amides is 1. The van der Waals surface area contributed by atoms with Gasteiger partial charge in [-0.15, -0.1) is 0 Å². The first-order valence-electron chi connectivity index (χ1n) is 7.62. The van der Waals surface area contributed by atoms with Crippen LogP contribution < -0.4 is 10.2 Å². The molecule has 3 nitrogen and oxygen atoms in total. The van der Waals surface area contributed by atoms with Crippen molar-refractivity contribution >= 4 is 5.91 Å². The van der Waals surface area contributed by atoms with Gasteiger partial charge in [0.1, 0.15) is 0 Å². The van der Waals surface area contributed by atoms with Crippen molar-refractivity contribution in [3.63, 3.8) is 0 Å². The zero-order valence-electron chi connectivity index (χ0n) is 12.0. The number of hydrogen-bond acceptors (Lipinski definition) is 1. The van der Waals surface area contributed by atoms with E-state index in [2.05, 4.69) is 26.1 Å². The summed E-state index contributed by atoms with van der Waals surface area (Å²) in [4.78, 5) is 14.2. The molecule has 102 valence electrons. The standard InChI is InChI=1S/C15H26N2O/c1-14(2)11-7-8-15(14,3)13(18)16-12(11)17-9-5-4-6-10-17/h11-12H,4-10H2,1-3H3,(H,16,18)/p+1/t11-,12-,15-/m1/s1. The van der Waals surface area contributed by atoms with E-state index in [1.54, 1.807) is 4.90 Å². The SMILES string of the molecule is CC1(C)[C@@H]2CC[C@]1(C)C(=O)N[C@@H]2[NH+]1CCCCC1. The summed E-state index contributed by atoms with van der Waals surface area (Å²) in [7, 11) is 0. The second-order valence-electron chi connectivity index (χ2n) is 7.37. The van der Waals surface area contributed by atoms with Gasteiger partial charge in [0.15, 0.2) is 6.17 Å². The van der Waals surface area contributed by atoms with E-state index in [0.29, 0.717) is 18.0 Å². The quantitative estimate of drug-likeness (QED) is 0.715. The van der Waals surface area contributed by atoms with Crippen molar-refractivity contribution in [3.8, 4) is 0 Å². The molecule has 2 heterocycles. The third-order valence-corrected chi connectivity index (χ3v) is 6.43. The summed E-state index contributed by atoms with van der Waals surface area (Å²) >= 11 is 0. The van der Waals surface area contributed by atoms with E-state index in [-0.39, 0.29) is 10.8 Å². The first-order valence-corrected chi connectivity index (χ1v) is 7.62. The molecule has 18 heavy (non-hydrogen) atoms. The minimum atomic E-state index is -0.136. The largest absolute Gasteiger partial charge is 0.315 e. The molecule has 1 saturated carbocycles. The maximum absolute atomic E-state index is 12.5. The smallest absolute Gasteiger partial charge is 0.230 e.